The minimum atomic E-state index is -0.201. The normalized spacial score (nSPS) is 17.7. The molecule has 0 aromatic heterocycles. The zero-order valence-electron chi connectivity index (χ0n) is 16.9. The number of ether oxygens (including phenoxy) is 3. The Morgan fingerprint density at radius 2 is 1.86 bits per heavy atom. The summed E-state index contributed by atoms with van der Waals surface area (Å²) in [7, 11) is 1.60. The van der Waals surface area contributed by atoms with E-state index in [-0.39, 0.29) is 11.9 Å². The molecule has 4 rings (SSSR count). The molecule has 0 saturated carbocycles. The second kappa shape index (κ2) is 8.71. The molecule has 0 radical (unpaired) electrons. The quantitative estimate of drug-likeness (QED) is 0.808. The number of nitrogens with one attached hydrogen (secondary N) is 1. The lowest BCUT2D eigenvalue weighted by Gasteiger charge is -2.37. The van der Waals surface area contributed by atoms with E-state index >= 15 is 0 Å². The molecule has 29 heavy (non-hydrogen) atoms. The number of rotatable bonds is 6. The Morgan fingerprint density at radius 1 is 1.10 bits per heavy atom. The predicted octanol–water partition coefficient (Wildman–Crippen LogP) is 2.57. The van der Waals surface area contributed by atoms with Crippen LogP contribution in [0.25, 0.3) is 0 Å². The van der Waals surface area contributed by atoms with E-state index in [0.29, 0.717) is 18.2 Å². The Balaban J connectivity index is 1.29. The van der Waals surface area contributed by atoms with Gasteiger partial charge < -0.3 is 19.5 Å². The number of amides is 1. The first-order valence-electron chi connectivity index (χ1n) is 9.93. The molecule has 1 saturated heterocycles. The van der Waals surface area contributed by atoms with Gasteiger partial charge in [-0.15, -0.1) is 0 Å². The molecule has 2 aliphatic heterocycles. The number of piperazine rings is 1. The summed E-state index contributed by atoms with van der Waals surface area (Å²) in [6.45, 7) is 6.66. The van der Waals surface area contributed by atoms with Crippen LogP contribution in [-0.2, 0) is 11.3 Å². The van der Waals surface area contributed by atoms with E-state index in [4.69, 9.17) is 14.2 Å². The van der Waals surface area contributed by atoms with E-state index in [1.165, 1.54) is 5.56 Å². The SMILES string of the molecule is COc1ccccc1NC(=O)[C@H](C)N1CCN(Cc2ccc3c(c2)OCO3)CC1. The van der Waals surface area contributed by atoms with Crippen LogP contribution in [-0.4, -0.2) is 61.8 Å². The van der Waals surface area contributed by atoms with Crippen LogP contribution in [0.5, 0.6) is 17.2 Å². The van der Waals surface area contributed by atoms with E-state index in [0.717, 1.165) is 44.2 Å². The molecule has 1 atom stereocenters. The molecule has 154 valence electrons. The Hall–Kier alpha value is -2.77. The lowest BCUT2D eigenvalue weighted by molar-refractivity contribution is -0.121. The fourth-order valence-electron chi connectivity index (χ4n) is 3.76. The molecule has 2 aromatic carbocycles. The molecule has 0 unspecified atom stereocenters. The molecule has 2 aromatic rings. The lowest BCUT2D eigenvalue weighted by atomic mass is 10.1. The van der Waals surface area contributed by atoms with Gasteiger partial charge in [0.15, 0.2) is 11.5 Å². The summed E-state index contributed by atoms with van der Waals surface area (Å²) in [4.78, 5) is 17.3. The number of carbonyl (C=O) groups is 1. The maximum atomic E-state index is 12.7. The van der Waals surface area contributed by atoms with E-state index in [1.54, 1.807) is 7.11 Å². The van der Waals surface area contributed by atoms with E-state index in [9.17, 15) is 4.79 Å². The summed E-state index contributed by atoms with van der Waals surface area (Å²) in [5.41, 5.74) is 1.91. The van der Waals surface area contributed by atoms with Crippen molar-refractivity contribution in [2.24, 2.45) is 0 Å². The van der Waals surface area contributed by atoms with E-state index in [1.807, 2.05) is 37.3 Å². The standard InChI is InChI=1S/C22H27N3O4/c1-16(22(26)23-18-5-3-4-6-19(18)27-2)25-11-9-24(10-12-25)14-17-7-8-20-21(13-17)29-15-28-20/h3-8,13,16H,9-12,14-15H2,1-2H3,(H,23,26)/t16-/m0/s1. The first kappa shape index (κ1) is 19.5. The number of anilines is 1. The zero-order valence-corrected chi connectivity index (χ0v) is 16.9. The third kappa shape index (κ3) is 4.46. The molecule has 0 bridgehead atoms. The number of nitrogens with zero attached hydrogens (tertiary/aromatic N) is 2. The number of hydrogen-bond donors (Lipinski definition) is 1. The molecule has 0 aliphatic carbocycles. The molecule has 1 amide bonds. The summed E-state index contributed by atoms with van der Waals surface area (Å²) in [5, 5.41) is 2.99. The van der Waals surface area contributed by atoms with Crippen molar-refractivity contribution in [1.29, 1.82) is 0 Å². The summed E-state index contributed by atoms with van der Waals surface area (Å²) in [6.07, 6.45) is 0. The van der Waals surface area contributed by atoms with Gasteiger partial charge in [0.25, 0.3) is 0 Å². The second-order valence-electron chi connectivity index (χ2n) is 7.37. The number of carbonyl (C=O) groups excluding carboxylic acids is 1. The van der Waals surface area contributed by atoms with Crippen LogP contribution in [0.15, 0.2) is 42.5 Å². The fraction of sp³-hybridized carbons (Fsp3) is 0.409. The highest BCUT2D eigenvalue weighted by atomic mass is 16.7. The highest BCUT2D eigenvalue weighted by Crippen LogP contribution is 2.33. The predicted molar refractivity (Wildman–Crippen MR) is 111 cm³/mol. The van der Waals surface area contributed by atoms with Gasteiger partial charge in [0.05, 0.1) is 18.8 Å². The van der Waals surface area contributed by atoms with Crippen LogP contribution in [0.3, 0.4) is 0 Å². The van der Waals surface area contributed by atoms with Gasteiger partial charge in [-0.2, -0.15) is 0 Å². The van der Waals surface area contributed by atoms with Crippen LogP contribution in [0, 0.1) is 0 Å². The molecule has 2 heterocycles. The summed E-state index contributed by atoms with van der Waals surface area (Å²) >= 11 is 0. The van der Waals surface area contributed by atoms with Crippen LogP contribution in [0.2, 0.25) is 0 Å². The number of methoxy groups -OCH3 is 1. The average molecular weight is 397 g/mol. The van der Waals surface area contributed by atoms with Crippen LogP contribution >= 0.6 is 0 Å². The van der Waals surface area contributed by atoms with Crippen LogP contribution in [0.1, 0.15) is 12.5 Å². The van der Waals surface area contributed by atoms with Crippen LogP contribution < -0.4 is 19.5 Å². The van der Waals surface area contributed by atoms with Crippen molar-refractivity contribution in [3.05, 3.63) is 48.0 Å². The van der Waals surface area contributed by atoms with Crippen molar-refractivity contribution in [2.75, 3.05) is 45.4 Å². The monoisotopic (exact) mass is 397 g/mol. The fourth-order valence-corrected chi connectivity index (χ4v) is 3.76. The van der Waals surface area contributed by atoms with Gasteiger partial charge in [-0.25, -0.2) is 0 Å². The van der Waals surface area contributed by atoms with Crippen molar-refractivity contribution in [2.45, 2.75) is 19.5 Å². The molecular formula is C22H27N3O4. The smallest absolute Gasteiger partial charge is 0.241 e. The summed E-state index contributed by atoms with van der Waals surface area (Å²) in [6, 6.07) is 13.4. The zero-order chi connectivity index (χ0) is 20.2. The molecule has 7 heteroatoms. The second-order valence-corrected chi connectivity index (χ2v) is 7.37. The first-order valence-corrected chi connectivity index (χ1v) is 9.93. The maximum absolute atomic E-state index is 12.7. The minimum absolute atomic E-state index is 0.0151. The number of fused-ring (bicyclic) bond motifs is 1. The Bertz CT molecular complexity index is 865. The van der Waals surface area contributed by atoms with Gasteiger partial charge in [-0.1, -0.05) is 18.2 Å². The lowest BCUT2D eigenvalue weighted by Crippen LogP contribution is -2.52. The highest BCUT2D eigenvalue weighted by Gasteiger charge is 2.26. The Morgan fingerprint density at radius 3 is 2.66 bits per heavy atom. The van der Waals surface area contributed by atoms with Gasteiger partial charge in [-0.05, 0) is 36.8 Å². The summed E-state index contributed by atoms with van der Waals surface area (Å²) in [5.74, 6) is 2.29. The summed E-state index contributed by atoms with van der Waals surface area (Å²) < 4.78 is 16.2. The van der Waals surface area contributed by atoms with Crippen molar-refractivity contribution in [1.82, 2.24) is 9.80 Å². The average Bonchev–Trinajstić information content (AvgIpc) is 3.22. The highest BCUT2D eigenvalue weighted by molar-refractivity contribution is 5.95. The molecule has 2 aliphatic rings. The molecule has 1 fully saturated rings. The van der Waals surface area contributed by atoms with Crippen LogP contribution in [0.4, 0.5) is 5.69 Å². The molecule has 1 N–H and O–H groups in total. The largest absolute Gasteiger partial charge is 0.495 e. The van der Waals surface area contributed by atoms with Crippen molar-refractivity contribution < 1.29 is 19.0 Å². The van der Waals surface area contributed by atoms with E-state index < -0.39 is 0 Å². The van der Waals surface area contributed by atoms with Crippen molar-refractivity contribution in [3.8, 4) is 17.2 Å². The third-order valence-electron chi connectivity index (χ3n) is 5.54. The minimum Gasteiger partial charge on any atom is -0.495 e. The van der Waals surface area contributed by atoms with Gasteiger partial charge in [0.2, 0.25) is 12.7 Å². The van der Waals surface area contributed by atoms with E-state index in [2.05, 4.69) is 27.2 Å². The van der Waals surface area contributed by atoms with Gasteiger partial charge in [-0.3, -0.25) is 14.6 Å². The molecular weight excluding hydrogens is 370 g/mol. The first-order chi connectivity index (χ1) is 14.1. The molecule has 7 nitrogen and oxygen atoms in total. The number of para-hydroxylation sites is 2. The van der Waals surface area contributed by atoms with Crippen molar-refractivity contribution in [3.63, 3.8) is 0 Å². The third-order valence-corrected chi connectivity index (χ3v) is 5.54. The van der Waals surface area contributed by atoms with Gasteiger partial charge >= 0.3 is 0 Å². The number of hydrogen-bond acceptors (Lipinski definition) is 6. The van der Waals surface area contributed by atoms with Gasteiger partial charge in [0, 0.05) is 32.7 Å². The topological polar surface area (TPSA) is 63.3 Å². The number of benzene rings is 2. The van der Waals surface area contributed by atoms with Gasteiger partial charge in [0.1, 0.15) is 5.75 Å². The Labute approximate surface area is 171 Å². The Kier molecular flexibility index (Phi) is 5.87. The molecule has 0 spiro atoms. The maximum Gasteiger partial charge on any atom is 0.241 e. The van der Waals surface area contributed by atoms with Crippen molar-refractivity contribution >= 4 is 11.6 Å².